The summed E-state index contributed by atoms with van der Waals surface area (Å²) in [7, 11) is 1.96. The van der Waals surface area contributed by atoms with Crippen molar-refractivity contribution in [1.82, 2.24) is 10.3 Å². The van der Waals surface area contributed by atoms with Crippen LogP contribution in [0.3, 0.4) is 0 Å². The highest BCUT2D eigenvalue weighted by molar-refractivity contribution is 7.09. The Balaban J connectivity index is 2.10. The summed E-state index contributed by atoms with van der Waals surface area (Å²) < 4.78 is 5.78. The predicted molar refractivity (Wildman–Crippen MR) is 70.4 cm³/mol. The molecule has 0 radical (unpaired) electrons. The van der Waals surface area contributed by atoms with Crippen LogP contribution in [0.1, 0.15) is 35.2 Å². The van der Waals surface area contributed by atoms with Crippen molar-refractivity contribution in [3.63, 3.8) is 0 Å². The second-order valence-corrected chi connectivity index (χ2v) is 5.03. The van der Waals surface area contributed by atoms with E-state index in [1.54, 1.807) is 11.3 Å². The number of aromatic nitrogens is 1. The first-order valence-corrected chi connectivity index (χ1v) is 6.77. The number of likely N-dealkylation sites (N-methyl/N-ethyl adjacent to an activating group) is 1. The Morgan fingerprint density at radius 2 is 2.29 bits per heavy atom. The molecule has 0 amide bonds. The molecule has 1 unspecified atom stereocenters. The number of nitrogens with one attached hydrogen (secondary N) is 1. The van der Waals surface area contributed by atoms with Gasteiger partial charge in [-0.25, -0.2) is 4.98 Å². The van der Waals surface area contributed by atoms with Gasteiger partial charge >= 0.3 is 0 Å². The highest BCUT2D eigenvalue weighted by atomic mass is 32.1. The average molecular weight is 250 g/mol. The van der Waals surface area contributed by atoms with Crippen molar-refractivity contribution >= 4 is 11.3 Å². The maximum atomic E-state index is 5.78. The summed E-state index contributed by atoms with van der Waals surface area (Å²) in [5, 5.41) is 6.52. The highest BCUT2D eigenvalue weighted by Crippen LogP contribution is 2.22. The van der Waals surface area contributed by atoms with E-state index in [2.05, 4.69) is 28.7 Å². The van der Waals surface area contributed by atoms with Gasteiger partial charge in [-0.05, 0) is 26.1 Å². The van der Waals surface area contributed by atoms with Gasteiger partial charge in [-0.15, -0.1) is 11.3 Å². The van der Waals surface area contributed by atoms with Gasteiger partial charge in [0.2, 0.25) is 0 Å². The fourth-order valence-electron chi connectivity index (χ4n) is 1.79. The Hall–Kier alpha value is -1.13. The van der Waals surface area contributed by atoms with Gasteiger partial charge in [0.25, 0.3) is 0 Å². The number of hydrogen-bond donors (Lipinski definition) is 1. The van der Waals surface area contributed by atoms with E-state index < -0.39 is 0 Å². The van der Waals surface area contributed by atoms with Gasteiger partial charge in [0.1, 0.15) is 11.5 Å². The summed E-state index contributed by atoms with van der Waals surface area (Å²) >= 11 is 1.71. The lowest BCUT2D eigenvalue weighted by Crippen LogP contribution is -2.18. The van der Waals surface area contributed by atoms with E-state index in [-0.39, 0.29) is 6.04 Å². The first-order valence-electron chi connectivity index (χ1n) is 5.89. The molecule has 0 aliphatic heterocycles. The molecule has 1 N–H and O–H groups in total. The minimum atomic E-state index is 0.209. The van der Waals surface area contributed by atoms with Crippen LogP contribution in [0.4, 0.5) is 0 Å². The molecule has 0 aliphatic carbocycles. The van der Waals surface area contributed by atoms with Gasteiger partial charge in [-0.1, -0.05) is 6.92 Å². The zero-order valence-electron chi connectivity index (χ0n) is 10.5. The van der Waals surface area contributed by atoms with Crippen LogP contribution in [0.2, 0.25) is 0 Å². The third-order valence-corrected chi connectivity index (χ3v) is 3.76. The summed E-state index contributed by atoms with van der Waals surface area (Å²) in [5.74, 6) is 2.03. The molecule has 2 rings (SSSR count). The standard InChI is InChI=1S/C13H18N2OS/c1-4-10-5-6-12(16-10)11(14-3)7-13-15-9(2)8-17-13/h5-6,8,11,14H,4,7H2,1-3H3. The number of thiazole rings is 1. The van der Waals surface area contributed by atoms with E-state index in [1.165, 1.54) is 0 Å². The number of rotatable bonds is 5. The summed E-state index contributed by atoms with van der Waals surface area (Å²) in [6.07, 6.45) is 1.82. The van der Waals surface area contributed by atoms with Crippen molar-refractivity contribution in [3.8, 4) is 0 Å². The molecule has 17 heavy (non-hydrogen) atoms. The van der Waals surface area contributed by atoms with Crippen LogP contribution in [-0.4, -0.2) is 12.0 Å². The maximum absolute atomic E-state index is 5.78. The zero-order chi connectivity index (χ0) is 12.3. The van der Waals surface area contributed by atoms with Crippen LogP contribution < -0.4 is 5.32 Å². The molecule has 0 fully saturated rings. The molecule has 0 aliphatic rings. The lowest BCUT2D eigenvalue weighted by molar-refractivity contribution is 0.406. The third kappa shape index (κ3) is 2.96. The summed E-state index contributed by atoms with van der Waals surface area (Å²) in [6.45, 7) is 4.12. The minimum Gasteiger partial charge on any atom is -0.464 e. The van der Waals surface area contributed by atoms with Crippen LogP contribution in [0.5, 0.6) is 0 Å². The Morgan fingerprint density at radius 3 is 2.82 bits per heavy atom. The molecule has 0 saturated heterocycles. The molecule has 92 valence electrons. The molecule has 0 bridgehead atoms. The largest absolute Gasteiger partial charge is 0.464 e. The normalized spacial score (nSPS) is 12.9. The molecule has 1 atom stereocenters. The first kappa shape index (κ1) is 12.3. The summed E-state index contributed by atoms with van der Waals surface area (Å²) in [4.78, 5) is 4.49. The Kier molecular flexibility index (Phi) is 3.97. The van der Waals surface area contributed by atoms with Crippen molar-refractivity contribution in [3.05, 3.63) is 39.7 Å². The van der Waals surface area contributed by atoms with Crippen molar-refractivity contribution in [1.29, 1.82) is 0 Å². The van der Waals surface area contributed by atoms with Gasteiger partial charge < -0.3 is 9.73 Å². The van der Waals surface area contributed by atoms with E-state index in [0.717, 1.165) is 35.1 Å². The lowest BCUT2D eigenvalue weighted by atomic mass is 10.1. The first-order chi connectivity index (χ1) is 8.22. The highest BCUT2D eigenvalue weighted by Gasteiger charge is 2.15. The van der Waals surface area contributed by atoms with Crippen molar-refractivity contribution in [2.45, 2.75) is 32.7 Å². The van der Waals surface area contributed by atoms with E-state index in [1.807, 2.05) is 20.0 Å². The number of nitrogens with zero attached hydrogens (tertiary/aromatic N) is 1. The van der Waals surface area contributed by atoms with Gasteiger partial charge in [-0.2, -0.15) is 0 Å². The molecular weight excluding hydrogens is 232 g/mol. The molecular formula is C13H18N2OS. The molecule has 0 aromatic carbocycles. The molecule has 2 aromatic heterocycles. The van der Waals surface area contributed by atoms with Gasteiger partial charge in [0, 0.05) is 23.9 Å². The zero-order valence-corrected chi connectivity index (χ0v) is 11.3. The molecule has 0 spiro atoms. The maximum Gasteiger partial charge on any atom is 0.121 e. The smallest absolute Gasteiger partial charge is 0.121 e. The van der Waals surface area contributed by atoms with Crippen LogP contribution in [-0.2, 0) is 12.8 Å². The van der Waals surface area contributed by atoms with E-state index >= 15 is 0 Å². The van der Waals surface area contributed by atoms with Crippen molar-refractivity contribution in [2.24, 2.45) is 0 Å². The Bertz CT molecular complexity index is 475. The molecule has 2 heterocycles. The minimum absolute atomic E-state index is 0.209. The van der Waals surface area contributed by atoms with E-state index in [0.29, 0.717) is 0 Å². The van der Waals surface area contributed by atoms with Crippen molar-refractivity contribution < 1.29 is 4.42 Å². The van der Waals surface area contributed by atoms with Crippen LogP contribution in [0, 0.1) is 6.92 Å². The second-order valence-electron chi connectivity index (χ2n) is 4.09. The summed E-state index contributed by atoms with van der Waals surface area (Å²) in [6, 6.07) is 4.31. The van der Waals surface area contributed by atoms with E-state index in [9.17, 15) is 0 Å². The SMILES string of the molecule is CCc1ccc(C(Cc2nc(C)cs2)NC)o1. The Morgan fingerprint density at radius 1 is 1.47 bits per heavy atom. The van der Waals surface area contributed by atoms with Gasteiger partial charge in [0.15, 0.2) is 0 Å². The number of aryl methyl sites for hydroxylation is 2. The van der Waals surface area contributed by atoms with Crippen LogP contribution >= 0.6 is 11.3 Å². The molecule has 0 saturated carbocycles. The third-order valence-electron chi connectivity index (χ3n) is 2.77. The second kappa shape index (κ2) is 5.47. The molecule has 3 nitrogen and oxygen atoms in total. The van der Waals surface area contributed by atoms with Crippen LogP contribution in [0.25, 0.3) is 0 Å². The summed E-state index contributed by atoms with van der Waals surface area (Å²) in [5.41, 5.74) is 1.09. The van der Waals surface area contributed by atoms with Gasteiger partial charge in [0.05, 0.1) is 11.0 Å². The fraction of sp³-hybridized carbons (Fsp3) is 0.462. The molecule has 2 aromatic rings. The monoisotopic (exact) mass is 250 g/mol. The number of hydrogen-bond acceptors (Lipinski definition) is 4. The Labute approximate surface area is 106 Å². The van der Waals surface area contributed by atoms with E-state index in [4.69, 9.17) is 4.42 Å². The average Bonchev–Trinajstić information content (AvgIpc) is 2.94. The van der Waals surface area contributed by atoms with Crippen LogP contribution in [0.15, 0.2) is 21.9 Å². The quantitative estimate of drug-likeness (QED) is 0.886. The lowest BCUT2D eigenvalue weighted by Gasteiger charge is -2.11. The van der Waals surface area contributed by atoms with Gasteiger partial charge in [-0.3, -0.25) is 0 Å². The topological polar surface area (TPSA) is 38.1 Å². The van der Waals surface area contributed by atoms with Crippen molar-refractivity contribution in [2.75, 3.05) is 7.05 Å². The number of furan rings is 1. The fourth-order valence-corrected chi connectivity index (χ4v) is 2.61. The predicted octanol–water partition coefficient (Wildman–Crippen LogP) is 3.11. The molecule has 4 heteroatoms.